The lowest BCUT2D eigenvalue weighted by atomic mass is 9.83. The Labute approximate surface area is 259 Å². The number of aliphatic hydroxyl groups is 1. The molecule has 0 bridgehead atoms. The quantitative estimate of drug-likeness (QED) is 0.181. The zero-order valence-electron chi connectivity index (χ0n) is 23.6. The smallest absolute Gasteiger partial charge is 0.219 e. The molecule has 0 amide bonds. The van der Waals surface area contributed by atoms with Crippen LogP contribution in [0.2, 0.25) is 10.0 Å². The second-order valence-electron chi connectivity index (χ2n) is 10.2. The number of aryl methyl sites for hydroxylation is 1. The van der Waals surface area contributed by atoms with Crippen LogP contribution in [0.15, 0.2) is 97.7 Å². The molecule has 0 aliphatic carbocycles. The molecule has 0 saturated carbocycles. The molecule has 0 fully saturated rings. The van der Waals surface area contributed by atoms with E-state index in [1.165, 1.54) is 0 Å². The van der Waals surface area contributed by atoms with Crippen molar-refractivity contribution in [2.75, 3.05) is 20.3 Å². The summed E-state index contributed by atoms with van der Waals surface area (Å²) in [6.07, 6.45) is 7.44. The number of benzene rings is 3. The number of imidazole rings is 1. The number of halogens is 2. The highest BCUT2D eigenvalue weighted by Gasteiger charge is 2.37. The Hall–Kier alpha value is -4.21. The van der Waals surface area contributed by atoms with E-state index in [2.05, 4.69) is 10.1 Å². The van der Waals surface area contributed by atoms with E-state index >= 15 is 0 Å². The molecule has 6 aromatic rings. The van der Waals surface area contributed by atoms with Crippen molar-refractivity contribution in [3.8, 4) is 11.6 Å². The maximum absolute atomic E-state index is 12.4. The van der Waals surface area contributed by atoms with Crippen molar-refractivity contribution in [2.24, 2.45) is 7.05 Å². The molecule has 1 N–H and O–H groups in total. The fourth-order valence-electron chi connectivity index (χ4n) is 5.21. The first-order valence-electron chi connectivity index (χ1n) is 13.7. The zero-order valence-corrected chi connectivity index (χ0v) is 25.1. The van der Waals surface area contributed by atoms with E-state index in [0.29, 0.717) is 63.3 Å². The van der Waals surface area contributed by atoms with Crippen LogP contribution < -0.4 is 4.74 Å². The summed E-state index contributed by atoms with van der Waals surface area (Å²) in [5.74, 6) is 0.443. The second kappa shape index (κ2) is 12.2. The highest BCUT2D eigenvalue weighted by molar-refractivity contribution is 6.36. The van der Waals surface area contributed by atoms with E-state index < -0.39 is 5.60 Å². The Bertz CT molecular complexity index is 1860. The van der Waals surface area contributed by atoms with Gasteiger partial charge in [-0.25, -0.2) is 14.6 Å². The summed E-state index contributed by atoms with van der Waals surface area (Å²) in [5.41, 5.74) is 3.66. The minimum atomic E-state index is -1.54. The molecule has 0 spiro atoms. The SMILES string of the molecule is COCCOc1nc2ccc(C(O)(c3ccc(Cl)cc3)c3cncn3C)cc2c(Cl)c1Cc1ccc(-n2cccn2)cc1. The standard InChI is InChI=1S/C33H29Cl2N5O3/c1-39-21-36-20-30(39)33(41,23-6-9-25(34)10-7-23)24-8-13-29-27(19-24)31(35)28(32(38-29)43-17-16-42-2)18-22-4-11-26(12-5-22)40-15-3-14-37-40/h3-15,19-21,41H,16-18H2,1-2H3. The number of nitrogens with zero attached hydrogens (tertiary/aromatic N) is 5. The number of hydrogen-bond donors (Lipinski definition) is 1. The van der Waals surface area contributed by atoms with Crippen LogP contribution in [-0.4, -0.2) is 49.7 Å². The molecule has 0 radical (unpaired) electrons. The fourth-order valence-corrected chi connectivity index (χ4v) is 5.64. The summed E-state index contributed by atoms with van der Waals surface area (Å²) in [4.78, 5) is 9.13. The van der Waals surface area contributed by atoms with Gasteiger partial charge in [-0.15, -0.1) is 0 Å². The Kier molecular flexibility index (Phi) is 8.19. The van der Waals surface area contributed by atoms with Gasteiger partial charge in [0.05, 0.1) is 41.1 Å². The van der Waals surface area contributed by atoms with E-state index in [1.807, 2.05) is 73.9 Å². The first kappa shape index (κ1) is 28.9. The van der Waals surface area contributed by atoms with Crippen molar-refractivity contribution in [1.29, 1.82) is 0 Å². The summed E-state index contributed by atoms with van der Waals surface area (Å²) in [7, 11) is 3.47. The molecule has 43 heavy (non-hydrogen) atoms. The normalized spacial score (nSPS) is 12.9. The molecule has 3 heterocycles. The number of hydrogen-bond acceptors (Lipinski definition) is 6. The van der Waals surface area contributed by atoms with Crippen LogP contribution in [0.4, 0.5) is 0 Å². The van der Waals surface area contributed by atoms with Crippen LogP contribution in [0.1, 0.15) is 27.9 Å². The van der Waals surface area contributed by atoms with Gasteiger partial charge in [-0.3, -0.25) is 0 Å². The van der Waals surface area contributed by atoms with E-state index in [0.717, 1.165) is 16.8 Å². The lowest BCUT2D eigenvalue weighted by molar-refractivity contribution is 0.117. The van der Waals surface area contributed by atoms with E-state index in [-0.39, 0.29) is 0 Å². The van der Waals surface area contributed by atoms with Gasteiger partial charge in [-0.2, -0.15) is 5.10 Å². The number of methoxy groups -OCH3 is 1. The molecule has 0 aliphatic rings. The van der Waals surface area contributed by atoms with Gasteiger partial charge in [-0.05, 0) is 59.2 Å². The van der Waals surface area contributed by atoms with Crippen molar-refractivity contribution < 1.29 is 14.6 Å². The Morgan fingerprint density at radius 2 is 1.72 bits per heavy atom. The first-order chi connectivity index (χ1) is 20.9. The van der Waals surface area contributed by atoms with Gasteiger partial charge in [0.25, 0.3) is 0 Å². The van der Waals surface area contributed by atoms with E-state index in [1.54, 1.807) is 47.2 Å². The minimum Gasteiger partial charge on any atom is -0.475 e. The molecule has 218 valence electrons. The average Bonchev–Trinajstić information content (AvgIpc) is 3.72. The fraction of sp³-hybridized carbons (Fsp3) is 0.182. The average molecular weight is 615 g/mol. The van der Waals surface area contributed by atoms with Crippen molar-refractivity contribution in [3.05, 3.63) is 136 Å². The molecular formula is C33H29Cl2N5O3. The van der Waals surface area contributed by atoms with Crippen LogP contribution in [0.5, 0.6) is 5.88 Å². The molecule has 0 saturated heterocycles. The minimum absolute atomic E-state index is 0.325. The first-order valence-corrected chi connectivity index (χ1v) is 14.4. The summed E-state index contributed by atoms with van der Waals surface area (Å²) in [6, 6.07) is 22.7. The zero-order chi connectivity index (χ0) is 30.0. The van der Waals surface area contributed by atoms with E-state index in [4.69, 9.17) is 37.7 Å². The van der Waals surface area contributed by atoms with Gasteiger partial charge >= 0.3 is 0 Å². The van der Waals surface area contributed by atoms with Gasteiger partial charge in [0.15, 0.2) is 5.60 Å². The molecule has 1 atom stereocenters. The summed E-state index contributed by atoms with van der Waals surface area (Å²) in [5, 5.41) is 18.5. The summed E-state index contributed by atoms with van der Waals surface area (Å²) >= 11 is 13.4. The van der Waals surface area contributed by atoms with Gasteiger partial charge in [0, 0.05) is 48.9 Å². The van der Waals surface area contributed by atoms with Gasteiger partial charge in [-0.1, -0.05) is 53.5 Å². The molecule has 3 aromatic carbocycles. The molecule has 0 aliphatic heterocycles. The predicted octanol–water partition coefficient (Wildman–Crippen LogP) is 6.36. The van der Waals surface area contributed by atoms with Gasteiger partial charge in [0.2, 0.25) is 5.88 Å². The predicted molar refractivity (Wildman–Crippen MR) is 167 cm³/mol. The van der Waals surface area contributed by atoms with Crippen LogP contribution in [0, 0.1) is 0 Å². The Morgan fingerprint density at radius 3 is 2.40 bits per heavy atom. The molecule has 10 heteroatoms. The number of aromatic nitrogens is 5. The maximum atomic E-state index is 12.4. The monoisotopic (exact) mass is 613 g/mol. The number of ether oxygens (including phenoxy) is 2. The third kappa shape index (κ3) is 5.62. The number of rotatable bonds is 10. The second-order valence-corrected chi connectivity index (χ2v) is 11.0. The van der Waals surface area contributed by atoms with Crippen molar-refractivity contribution >= 4 is 34.1 Å². The third-order valence-electron chi connectivity index (χ3n) is 7.46. The molecule has 1 unspecified atom stereocenters. The summed E-state index contributed by atoms with van der Waals surface area (Å²) < 4.78 is 14.9. The molecule has 3 aromatic heterocycles. The number of pyridine rings is 1. The van der Waals surface area contributed by atoms with Crippen molar-refractivity contribution in [2.45, 2.75) is 12.0 Å². The Morgan fingerprint density at radius 1 is 0.953 bits per heavy atom. The highest BCUT2D eigenvalue weighted by atomic mass is 35.5. The van der Waals surface area contributed by atoms with Crippen LogP contribution in [0.3, 0.4) is 0 Å². The van der Waals surface area contributed by atoms with Crippen LogP contribution >= 0.6 is 23.2 Å². The lowest BCUT2D eigenvalue weighted by Crippen LogP contribution is -2.31. The topological polar surface area (TPSA) is 87.2 Å². The van der Waals surface area contributed by atoms with Crippen LogP contribution in [0.25, 0.3) is 16.6 Å². The molecule has 8 nitrogen and oxygen atoms in total. The van der Waals surface area contributed by atoms with Gasteiger partial charge < -0.3 is 19.1 Å². The largest absolute Gasteiger partial charge is 0.475 e. The number of fused-ring (bicyclic) bond motifs is 1. The molecule has 6 rings (SSSR count). The maximum Gasteiger partial charge on any atom is 0.219 e. The van der Waals surface area contributed by atoms with Gasteiger partial charge in [0.1, 0.15) is 6.61 Å². The van der Waals surface area contributed by atoms with E-state index in [9.17, 15) is 5.11 Å². The highest BCUT2D eigenvalue weighted by Crippen LogP contribution is 2.41. The third-order valence-corrected chi connectivity index (χ3v) is 8.14. The Balaban J connectivity index is 1.47. The summed E-state index contributed by atoms with van der Waals surface area (Å²) in [6.45, 7) is 0.735. The lowest BCUT2D eigenvalue weighted by Gasteiger charge is -2.30. The van der Waals surface area contributed by atoms with Crippen molar-refractivity contribution in [1.82, 2.24) is 24.3 Å². The molecular weight excluding hydrogens is 585 g/mol. The van der Waals surface area contributed by atoms with Crippen molar-refractivity contribution in [3.63, 3.8) is 0 Å². The van der Waals surface area contributed by atoms with Crippen LogP contribution in [-0.2, 0) is 23.8 Å².